The first kappa shape index (κ1) is 21.7. The fourth-order valence-electron chi connectivity index (χ4n) is 4.23. The van der Waals surface area contributed by atoms with E-state index >= 15 is 0 Å². The zero-order chi connectivity index (χ0) is 21.8. The molecular weight excluding hydrogens is 425 g/mol. The van der Waals surface area contributed by atoms with E-state index in [-0.39, 0.29) is 17.9 Å². The van der Waals surface area contributed by atoms with E-state index in [4.69, 9.17) is 23.2 Å². The molecule has 158 valence electrons. The smallest absolute Gasteiger partial charge is 0.223 e. The third kappa shape index (κ3) is 5.20. The molecule has 2 unspecified atom stereocenters. The molecule has 0 spiro atoms. The number of carbonyl (C=O) groups is 1. The molecule has 2 atom stereocenters. The number of allylic oxidation sites excluding steroid dienone is 2. The summed E-state index contributed by atoms with van der Waals surface area (Å²) in [5, 5.41) is 4.64. The predicted octanol–water partition coefficient (Wildman–Crippen LogP) is 7.58. The fraction of sp³-hybridized carbons (Fsp3) is 0.222. The van der Waals surface area contributed by atoms with Gasteiger partial charge in [-0.1, -0.05) is 77.8 Å². The topological polar surface area (TPSA) is 29.1 Å². The van der Waals surface area contributed by atoms with Crippen LogP contribution in [-0.4, -0.2) is 5.91 Å². The number of hydrogen-bond acceptors (Lipinski definition) is 1. The van der Waals surface area contributed by atoms with Gasteiger partial charge < -0.3 is 5.32 Å². The number of hydrogen-bond donors (Lipinski definition) is 1. The van der Waals surface area contributed by atoms with Crippen molar-refractivity contribution in [1.82, 2.24) is 5.32 Å². The first-order valence-electron chi connectivity index (χ1n) is 10.6. The summed E-state index contributed by atoms with van der Waals surface area (Å²) < 4.78 is 0. The summed E-state index contributed by atoms with van der Waals surface area (Å²) in [5.74, 6) is 0.0471. The van der Waals surface area contributed by atoms with Gasteiger partial charge in [0.05, 0.1) is 6.04 Å². The molecule has 4 rings (SSSR count). The Morgan fingerprint density at radius 2 is 1.39 bits per heavy atom. The SMILES string of the molecule is CC(NC(=O)C1CCC(c2ccc(Cl)cc2)=C(c2ccc(Cl)cc2)C1)c1ccccc1. The minimum atomic E-state index is -0.0621. The molecule has 0 saturated carbocycles. The molecule has 0 bridgehead atoms. The predicted molar refractivity (Wildman–Crippen MR) is 130 cm³/mol. The number of amides is 1. The van der Waals surface area contributed by atoms with Crippen molar-refractivity contribution in [1.29, 1.82) is 0 Å². The zero-order valence-corrected chi connectivity index (χ0v) is 19.0. The van der Waals surface area contributed by atoms with Crippen LogP contribution in [0.4, 0.5) is 0 Å². The quantitative estimate of drug-likeness (QED) is 0.427. The van der Waals surface area contributed by atoms with Gasteiger partial charge in [0.1, 0.15) is 0 Å². The Morgan fingerprint density at radius 1 is 0.839 bits per heavy atom. The molecule has 31 heavy (non-hydrogen) atoms. The van der Waals surface area contributed by atoms with Crippen LogP contribution in [0.15, 0.2) is 78.9 Å². The van der Waals surface area contributed by atoms with E-state index < -0.39 is 0 Å². The van der Waals surface area contributed by atoms with Crippen LogP contribution in [0.5, 0.6) is 0 Å². The van der Waals surface area contributed by atoms with Gasteiger partial charge in [0.15, 0.2) is 0 Å². The summed E-state index contributed by atoms with van der Waals surface area (Å²) in [4.78, 5) is 13.1. The number of benzene rings is 3. The van der Waals surface area contributed by atoms with Crippen molar-refractivity contribution >= 4 is 40.3 Å². The Bertz CT molecular complexity index is 1070. The van der Waals surface area contributed by atoms with Crippen LogP contribution >= 0.6 is 23.2 Å². The maximum atomic E-state index is 13.1. The fourth-order valence-corrected chi connectivity index (χ4v) is 4.49. The summed E-state index contributed by atoms with van der Waals surface area (Å²) in [6.07, 6.45) is 2.37. The van der Waals surface area contributed by atoms with Gasteiger partial charge in [-0.3, -0.25) is 4.79 Å². The molecule has 1 aliphatic carbocycles. The lowest BCUT2D eigenvalue weighted by Gasteiger charge is -2.28. The molecule has 1 N–H and O–H groups in total. The second kappa shape index (κ2) is 9.72. The van der Waals surface area contributed by atoms with Crippen molar-refractivity contribution in [2.75, 3.05) is 0 Å². The molecule has 4 heteroatoms. The van der Waals surface area contributed by atoms with Gasteiger partial charge in [-0.05, 0) is 78.3 Å². The van der Waals surface area contributed by atoms with Gasteiger partial charge in [-0.2, -0.15) is 0 Å². The lowest BCUT2D eigenvalue weighted by Crippen LogP contribution is -2.34. The van der Waals surface area contributed by atoms with Crippen molar-refractivity contribution in [2.45, 2.75) is 32.2 Å². The van der Waals surface area contributed by atoms with Crippen molar-refractivity contribution in [3.8, 4) is 0 Å². The molecule has 0 fully saturated rings. The van der Waals surface area contributed by atoms with E-state index in [0.29, 0.717) is 11.4 Å². The van der Waals surface area contributed by atoms with Gasteiger partial charge >= 0.3 is 0 Å². The molecule has 0 saturated heterocycles. The number of nitrogens with one attached hydrogen (secondary N) is 1. The van der Waals surface area contributed by atoms with Crippen molar-refractivity contribution in [3.63, 3.8) is 0 Å². The molecular formula is C27H25Cl2NO. The lowest BCUT2D eigenvalue weighted by molar-refractivity contribution is -0.125. The lowest BCUT2D eigenvalue weighted by atomic mass is 9.78. The van der Waals surface area contributed by atoms with Crippen LogP contribution in [0.3, 0.4) is 0 Å². The minimum Gasteiger partial charge on any atom is -0.349 e. The summed E-state index contributed by atoms with van der Waals surface area (Å²) in [6.45, 7) is 2.03. The average Bonchev–Trinajstić information content (AvgIpc) is 2.80. The minimum absolute atomic E-state index is 0.0191. The third-order valence-corrected chi connectivity index (χ3v) is 6.48. The highest BCUT2D eigenvalue weighted by atomic mass is 35.5. The third-order valence-electron chi connectivity index (χ3n) is 5.97. The van der Waals surface area contributed by atoms with E-state index in [1.54, 1.807) is 0 Å². The van der Waals surface area contributed by atoms with E-state index in [0.717, 1.165) is 34.6 Å². The number of carbonyl (C=O) groups excluding carboxylic acids is 1. The molecule has 0 aromatic heterocycles. The van der Waals surface area contributed by atoms with Crippen LogP contribution in [0, 0.1) is 5.92 Å². The Morgan fingerprint density at radius 3 is 1.97 bits per heavy atom. The molecule has 0 radical (unpaired) electrons. The first-order valence-corrected chi connectivity index (χ1v) is 11.4. The highest BCUT2D eigenvalue weighted by Gasteiger charge is 2.28. The number of halogens is 2. The van der Waals surface area contributed by atoms with Crippen LogP contribution in [0.1, 0.15) is 48.9 Å². The van der Waals surface area contributed by atoms with Gasteiger partial charge in [-0.25, -0.2) is 0 Å². The standard InChI is InChI=1S/C27H25Cl2NO/c1-18(19-5-3-2-4-6-19)30-27(31)22-11-16-25(20-7-12-23(28)13-8-20)26(17-22)21-9-14-24(29)15-10-21/h2-10,12-15,18,22H,11,16-17H2,1H3,(H,30,31). The average molecular weight is 450 g/mol. The molecule has 0 aliphatic heterocycles. The van der Waals surface area contributed by atoms with Crippen molar-refractivity contribution in [2.24, 2.45) is 5.92 Å². The van der Waals surface area contributed by atoms with Crippen LogP contribution in [-0.2, 0) is 4.79 Å². The Hall–Kier alpha value is -2.55. The van der Waals surface area contributed by atoms with Crippen LogP contribution in [0.25, 0.3) is 11.1 Å². The second-order valence-electron chi connectivity index (χ2n) is 8.05. The maximum absolute atomic E-state index is 13.1. The molecule has 3 aromatic rings. The van der Waals surface area contributed by atoms with E-state index in [1.165, 1.54) is 11.1 Å². The largest absolute Gasteiger partial charge is 0.349 e. The molecule has 3 aromatic carbocycles. The number of rotatable bonds is 5. The second-order valence-corrected chi connectivity index (χ2v) is 8.92. The summed E-state index contributed by atoms with van der Waals surface area (Å²) in [5.41, 5.74) is 5.87. The van der Waals surface area contributed by atoms with Crippen LogP contribution < -0.4 is 5.32 Å². The Labute approximate surface area is 193 Å². The Balaban J connectivity index is 1.60. The Kier molecular flexibility index (Phi) is 6.80. The monoisotopic (exact) mass is 449 g/mol. The molecule has 1 amide bonds. The van der Waals surface area contributed by atoms with E-state index in [2.05, 4.69) is 17.4 Å². The molecule has 2 nitrogen and oxygen atoms in total. The van der Waals surface area contributed by atoms with Crippen molar-refractivity contribution < 1.29 is 4.79 Å². The highest BCUT2D eigenvalue weighted by Crippen LogP contribution is 2.41. The van der Waals surface area contributed by atoms with Crippen molar-refractivity contribution in [3.05, 3.63) is 106 Å². The summed E-state index contributed by atoms with van der Waals surface area (Å²) >= 11 is 12.2. The molecule has 1 aliphatic rings. The zero-order valence-electron chi connectivity index (χ0n) is 17.4. The van der Waals surface area contributed by atoms with Gasteiger partial charge in [0, 0.05) is 16.0 Å². The highest BCUT2D eigenvalue weighted by molar-refractivity contribution is 6.31. The van der Waals surface area contributed by atoms with E-state index in [9.17, 15) is 4.79 Å². The molecule has 0 heterocycles. The first-order chi connectivity index (χ1) is 15.0. The normalized spacial score (nSPS) is 17.3. The summed E-state index contributed by atoms with van der Waals surface area (Å²) in [7, 11) is 0. The summed E-state index contributed by atoms with van der Waals surface area (Å²) in [6, 6.07) is 25.9. The van der Waals surface area contributed by atoms with Gasteiger partial charge in [-0.15, -0.1) is 0 Å². The maximum Gasteiger partial charge on any atom is 0.223 e. The van der Waals surface area contributed by atoms with E-state index in [1.807, 2.05) is 73.7 Å². The van der Waals surface area contributed by atoms with Gasteiger partial charge in [0.2, 0.25) is 5.91 Å². The van der Waals surface area contributed by atoms with Crippen LogP contribution in [0.2, 0.25) is 10.0 Å². The van der Waals surface area contributed by atoms with Gasteiger partial charge in [0.25, 0.3) is 0 Å².